The van der Waals surface area contributed by atoms with Crippen molar-refractivity contribution in [3.05, 3.63) is 24.5 Å². The highest BCUT2D eigenvalue weighted by atomic mass is 16.4. The van der Waals surface area contributed by atoms with Gasteiger partial charge in [0, 0.05) is 12.4 Å². The van der Waals surface area contributed by atoms with E-state index >= 15 is 0 Å². The van der Waals surface area contributed by atoms with E-state index in [9.17, 15) is 29.7 Å². The number of carboxylic acid groups (broad SMARTS) is 3. The third kappa shape index (κ3) is 1.77. The number of aromatic nitrogens is 1. The van der Waals surface area contributed by atoms with Gasteiger partial charge in [0.2, 0.25) is 0 Å². The molecule has 0 aromatic carbocycles. The van der Waals surface area contributed by atoms with Gasteiger partial charge in [0.05, 0.1) is 0 Å². The summed E-state index contributed by atoms with van der Waals surface area (Å²) in [5, 5.41) is 28.6. The Morgan fingerprint density at radius 2 is 1.30 bits per heavy atom. The number of carbonyl (C=O) groups is 3. The van der Waals surface area contributed by atoms with Crippen molar-refractivity contribution in [3.63, 3.8) is 0 Å². The Labute approximate surface area is 115 Å². The first kappa shape index (κ1) is 15.7. The molecule has 20 heavy (non-hydrogen) atoms. The summed E-state index contributed by atoms with van der Waals surface area (Å²) in [7, 11) is 0. The van der Waals surface area contributed by atoms with Crippen LogP contribution in [0.1, 0.15) is 26.7 Å². The molecular formula is C13H17NO6. The number of nitrogens with zero attached hydrogens (tertiary/aromatic N) is 1. The van der Waals surface area contributed by atoms with Crippen LogP contribution < -0.4 is 0 Å². The van der Waals surface area contributed by atoms with Gasteiger partial charge in [0.15, 0.2) is 0 Å². The Hall–Kier alpha value is -2.31. The van der Waals surface area contributed by atoms with E-state index in [1.54, 1.807) is 0 Å². The van der Waals surface area contributed by atoms with Crippen LogP contribution in [0.2, 0.25) is 0 Å². The Morgan fingerprint density at radius 1 is 0.900 bits per heavy atom. The predicted octanol–water partition coefficient (Wildman–Crippen LogP) is 1.24. The molecule has 0 radical (unpaired) electrons. The third-order valence-corrected chi connectivity index (χ3v) is 3.92. The molecule has 1 aromatic rings. The number of carboxylic acids is 3. The summed E-state index contributed by atoms with van der Waals surface area (Å²) in [5.41, 5.74) is -4.55. The average Bonchev–Trinajstić information content (AvgIpc) is 2.88. The lowest BCUT2D eigenvalue weighted by Gasteiger charge is -2.41. The molecule has 7 nitrogen and oxygen atoms in total. The highest BCUT2D eigenvalue weighted by Crippen LogP contribution is 2.45. The van der Waals surface area contributed by atoms with Gasteiger partial charge in [-0.3, -0.25) is 4.79 Å². The molecular weight excluding hydrogens is 266 g/mol. The molecule has 1 rings (SSSR count). The summed E-state index contributed by atoms with van der Waals surface area (Å²) in [6.45, 7) is 2.95. The summed E-state index contributed by atoms with van der Waals surface area (Å²) < 4.78 is 0.943. The van der Waals surface area contributed by atoms with Crippen molar-refractivity contribution in [2.75, 3.05) is 0 Å². The van der Waals surface area contributed by atoms with E-state index < -0.39 is 28.9 Å². The quantitative estimate of drug-likeness (QED) is 0.648. The zero-order valence-electron chi connectivity index (χ0n) is 11.2. The predicted molar refractivity (Wildman–Crippen MR) is 68.3 cm³/mol. The summed E-state index contributed by atoms with van der Waals surface area (Å²) in [6.07, 6.45) is 2.25. The SMILES string of the molecule is CCC(CC)(C(=O)O)C(C(=O)O)(C(=O)O)n1cccc1. The number of hydrogen-bond acceptors (Lipinski definition) is 3. The second-order valence-electron chi connectivity index (χ2n) is 4.51. The maximum Gasteiger partial charge on any atom is 0.342 e. The molecule has 7 heteroatoms. The van der Waals surface area contributed by atoms with Crippen molar-refractivity contribution in [2.45, 2.75) is 32.2 Å². The molecule has 1 heterocycles. The highest BCUT2D eigenvalue weighted by molar-refractivity contribution is 6.06. The molecule has 1 aromatic heterocycles. The van der Waals surface area contributed by atoms with E-state index in [2.05, 4.69) is 0 Å². The van der Waals surface area contributed by atoms with E-state index in [1.807, 2.05) is 0 Å². The van der Waals surface area contributed by atoms with Gasteiger partial charge >= 0.3 is 17.9 Å². The Balaban J connectivity index is 3.81. The summed E-state index contributed by atoms with van der Waals surface area (Å²) in [6, 6.07) is 2.91. The monoisotopic (exact) mass is 283 g/mol. The zero-order chi connectivity index (χ0) is 15.6. The molecule has 0 amide bonds. The van der Waals surface area contributed by atoms with Crippen LogP contribution in [0.3, 0.4) is 0 Å². The first-order valence-electron chi connectivity index (χ1n) is 6.14. The molecule has 0 aliphatic rings. The topological polar surface area (TPSA) is 117 Å². The van der Waals surface area contributed by atoms with Gasteiger partial charge in [-0.05, 0) is 25.0 Å². The van der Waals surface area contributed by atoms with Crippen LogP contribution in [0.5, 0.6) is 0 Å². The molecule has 0 fully saturated rings. The number of hydrogen-bond donors (Lipinski definition) is 3. The first-order valence-corrected chi connectivity index (χ1v) is 6.14. The molecule has 110 valence electrons. The van der Waals surface area contributed by atoms with Crippen molar-refractivity contribution in [3.8, 4) is 0 Å². The van der Waals surface area contributed by atoms with E-state index in [-0.39, 0.29) is 12.8 Å². The minimum atomic E-state index is -2.59. The van der Waals surface area contributed by atoms with Gasteiger partial charge in [-0.2, -0.15) is 0 Å². The van der Waals surface area contributed by atoms with Crippen LogP contribution in [-0.4, -0.2) is 37.8 Å². The Kier molecular flexibility index (Phi) is 4.22. The van der Waals surface area contributed by atoms with E-state index in [0.29, 0.717) is 0 Å². The standard InChI is InChI=1S/C13H17NO6/c1-3-12(4-2,9(15)16)13(10(17)18,11(19)20)14-7-5-6-8-14/h5-8H,3-4H2,1-2H3,(H,15,16)(H,17,18)(H,19,20). The van der Waals surface area contributed by atoms with Crippen LogP contribution in [0.15, 0.2) is 24.5 Å². The second kappa shape index (κ2) is 5.36. The van der Waals surface area contributed by atoms with Crippen molar-refractivity contribution < 1.29 is 29.7 Å². The molecule has 0 aliphatic carbocycles. The fraction of sp³-hybridized carbons (Fsp3) is 0.462. The van der Waals surface area contributed by atoms with Crippen LogP contribution >= 0.6 is 0 Å². The van der Waals surface area contributed by atoms with Crippen molar-refractivity contribution in [1.82, 2.24) is 4.57 Å². The minimum Gasteiger partial charge on any atom is -0.481 e. The van der Waals surface area contributed by atoms with Crippen LogP contribution in [0.25, 0.3) is 0 Å². The van der Waals surface area contributed by atoms with Gasteiger partial charge in [-0.25, -0.2) is 9.59 Å². The molecule has 0 saturated carbocycles. The van der Waals surface area contributed by atoms with E-state index in [1.165, 1.54) is 38.4 Å². The first-order chi connectivity index (χ1) is 9.31. The molecule has 0 atom stereocenters. The average molecular weight is 283 g/mol. The minimum absolute atomic E-state index is 0.129. The van der Waals surface area contributed by atoms with E-state index in [4.69, 9.17) is 0 Å². The van der Waals surface area contributed by atoms with Crippen LogP contribution in [-0.2, 0) is 19.9 Å². The third-order valence-electron chi connectivity index (χ3n) is 3.92. The van der Waals surface area contributed by atoms with Gasteiger partial charge < -0.3 is 19.9 Å². The van der Waals surface area contributed by atoms with Crippen LogP contribution in [0.4, 0.5) is 0 Å². The van der Waals surface area contributed by atoms with Crippen molar-refractivity contribution in [1.29, 1.82) is 0 Å². The maximum atomic E-state index is 11.8. The Morgan fingerprint density at radius 3 is 1.55 bits per heavy atom. The summed E-state index contributed by atoms with van der Waals surface area (Å²) >= 11 is 0. The number of aliphatic carboxylic acids is 3. The van der Waals surface area contributed by atoms with Gasteiger partial charge in [-0.1, -0.05) is 13.8 Å². The highest BCUT2D eigenvalue weighted by Gasteiger charge is 2.66. The molecule has 0 aliphatic heterocycles. The van der Waals surface area contributed by atoms with Crippen molar-refractivity contribution >= 4 is 17.9 Å². The van der Waals surface area contributed by atoms with Gasteiger partial charge in [0.25, 0.3) is 5.54 Å². The largest absolute Gasteiger partial charge is 0.481 e. The molecule has 0 spiro atoms. The molecule has 0 saturated heterocycles. The lowest BCUT2D eigenvalue weighted by Crippen LogP contribution is -2.63. The van der Waals surface area contributed by atoms with Crippen LogP contribution in [0, 0.1) is 5.41 Å². The normalized spacial score (nSPS) is 12.1. The lowest BCUT2D eigenvalue weighted by atomic mass is 9.65. The second-order valence-corrected chi connectivity index (χ2v) is 4.51. The van der Waals surface area contributed by atoms with E-state index in [0.717, 1.165) is 4.57 Å². The zero-order valence-corrected chi connectivity index (χ0v) is 11.2. The summed E-state index contributed by atoms with van der Waals surface area (Å²) in [4.78, 5) is 35.2. The smallest absolute Gasteiger partial charge is 0.342 e. The lowest BCUT2D eigenvalue weighted by molar-refractivity contribution is -0.185. The maximum absolute atomic E-state index is 11.8. The fourth-order valence-electron chi connectivity index (χ4n) is 2.75. The van der Waals surface area contributed by atoms with Gasteiger partial charge in [-0.15, -0.1) is 0 Å². The Bertz CT molecular complexity index is 501. The van der Waals surface area contributed by atoms with Gasteiger partial charge in [0.1, 0.15) is 5.41 Å². The fourth-order valence-corrected chi connectivity index (χ4v) is 2.75. The summed E-state index contributed by atoms with van der Waals surface area (Å²) in [5.74, 6) is -4.85. The number of rotatable bonds is 7. The molecule has 0 unspecified atom stereocenters. The van der Waals surface area contributed by atoms with Crippen molar-refractivity contribution in [2.24, 2.45) is 5.41 Å². The molecule has 3 N–H and O–H groups in total. The molecule has 0 bridgehead atoms.